The summed E-state index contributed by atoms with van der Waals surface area (Å²) in [7, 11) is 0. The smallest absolute Gasteiger partial charge is 0.328 e. The van der Waals surface area contributed by atoms with Crippen LogP contribution in [0.2, 0.25) is 0 Å². The third-order valence-electron chi connectivity index (χ3n) is 5.11. The molecule has 0 unspecified atom stereocenters. The molecule has 1 amide bonds. The number of fused-ring (bicyclic) bond motifs is 1. The molecule has 0 radical (unpaired) electrons. The molecule has 9 heteroatoms. The number of nitrogens with zero attached hydrogens (tertiary/aromatic N) is 5. The van der Waals surface area contributed by atoms with Crippen molar-refractivity contribution in [2.75, 3.05) is 11.9 Å². The van der Waals surface area contributed by atoms with E-state index >= 15 is 0 Å². The molecule has 0 spiro atoms. The Morgan fingerprint density at radius 2 is 1.59 bits per heavy atom. The van der Waals surface area contributed by atoms with Gasteiger partial charge in [-0.3, -0.25) is 9.59 Å². The molecule has 0 saturated heterocycles. The molecule has 0 aliphatic heterocycles. The van der Waals surface area contributed by atoms with E-state index in [1.807, 2.05) is 78.9 Å². The molecule has 2 aromatic heterocycles. The maximum Gasteiger partial charge on any atom is 0.328 e. The maximum atomic E-state index is 12.6. The average molecular weight is 452 g/mol. The summed E-state index contributed by atoms with van der Waals surface area (Å²) in [4.78, 5) is 24.9. The molecule has 0 aliphatic rings. The van der Waals surface area contributed by atoms with Crippen molar-refractivity contribution in [2.24, 2.45) is 0 Å². The quantitative estimate of drug-likeness (QED) is 0.379. The summed E-state index contributed by atoms with van der Waals surface area (Å²) >= 11 is 0. The van der Waals surface area contributed by atoms with Gasteiger partial charge in [-0.05, 0) is 24.3 Å². The average Bonchev–Trinajstić information content (AvgIpc) is 3.48. The Hall–Kier alpha value is -4.79. The van der Waals surface area contributed by atoms with Crippen LogP contribution in [0.3, 0.4) is 0 Å². The highest BCUT2D eigenvalue weighted by Crippen LogP contribution is 2.24. The van der Waals surface area contributed by atoms with Crippen LogP contribution in [0.25, 0.3) is 28.0 Å². The number of anilines is 1. The number of benzene rings is 3. The van der Waals surface area contributed by atoms with Crippen LogP contribution in [-0.2, 0) is 20.9 Å². The van der Waals surface area contributed by atoms with Gasteiger partial charge in [0.15, 0.2) is 6.61 Å². The minimum absolute atomic E-state index is 0.145. The second-order valence-electron chi connectivity index (χ2n) is 7.47. The molecule has 0 bridgehead atoms. The van der Waals surface area contributed by atoms with Crippen molar-refractivity contribution in [3.05, 3.63) is 91.0 Å². The van der Waals surface area contributed by atoms with Crippen LogP contribution in [0.15, 0.2) is 91.0 Å². The van der Waals surface area contributed by atoms with Crippen LogP contribution in [0, 0.1) is 0 Å². The molecular formula is C25H20N6O3. The van der Waals surface area contributed by atoms with Crippen molar-refractivity contribution in [3.8, 4) is 16.9 Å². The first kappa shape index (κ1) is 21.1. The number of nitrogens with one attached hydrogen (secondary N) is 1. The van der Waals surface area contributed by atoms with Gasteiger partial charge in [0.05, 0.1) is 16.9 Å². The number of ether oxygens (including phenoxy) is 1. The van der Waals surface area contributed by atoms with Gasteiger partial charge >= 0.3 is 5.97 Å². The lowest BCUT2D eigenvalue weighted by molar-refractivity contribution is -0.148. The van der Waals surface area contributed by atoms with E-state index in [1.54, 1.807) is 16.8 Å². The van der Waals surface area contributed by atoms with E-state index in [2.05, 4.69) is 20.7 Å². The Labute approximate surface area is 194 Å². The fourth-order valence-corrected chi connectivity index (χ4v) is 3.51. The molecule has 168 valence electrons. The van der Waals surface area contributed by atoms with Gasteiger partial charge in [0.25, 0.3) is 5.91 Å². The summed E-state index contributed by atoms with van der Waals surface area (Å²) in [6.07, 6.45) is 0. The Kier molecular flexibility index (Phi) is 5.81. The number of aromatic nitrogens is 5. The van der Waals surface area contributed by atoms with E-state index in [0.717, 1.165) is 11.3 Å². The summed E-state index contributed by atoms with van der Waals surface area (Å²) < 4.78 is 8.25. The SMILES string of the molecule is O=C(COC(=O)Cn1nnc2ccccc21)Nc1cc(-c2ccccc2)nn1-c1ccccc1. The van der Waals surface area contributed by atoms with Gasteiger partial charge in [-0.25, -0.2) is 9.36 Å². The number of carbonyl (C=O) groups is 2. The first-order valence-corrected chi connectivity index (χ1v) is 10.6. The molecule has 3 aromatic carbocycles. The monoisotopic (exact) mass is 452 g/mol. The Morgan fingerprint density at radius 3 is 2.38 bits per heavy atom. The lowest BCUT2D eigenvalue weighted by Gasteiger charge is -2.09. The minimum Gasteiger partial charge on any atom is -0.454 e. The number of hydrogen-bond donors (Lipinski definition) is 1. The first-order valence-electron chi connectivity index (χ1n) is 10.6. The van der Waals surface area contributed by atoms with Gasteiger partial charge in [-0.15, -0.1) is 5.10 Å². The number of amides is 1. The van der Waals surface area contributed by atoms with Gasteiger partial charge < -0.3 is 10.1 Å². The second-order valence-corrected chi connectivity index (χ2v) is 7.47. The Bertz CT molecular complexity index is 1440. The number of carbonyl (C=O) groups excluding carboxylic acids is 2. The third-order valence-corrected chi connectivity index (χ3v) is 5.11. The molecule has 5 aromatic rings. The Balaban J connectivity index is 1.28. The Morgan fingerprint density at radius 1 is 0.882 bits per heavy atom. The molecule has 0 atom stereocenters. The largest absolute Gasteiger partial charge is 0.454 e. The number of para-hydroxylation sites is 2. The van der Waals surface area contributed by atoms with E-state index in [0.29, 0.717) is 22.5 Å². The van der Waals surface area contributed by atoms with E-state index in [-0.39, 0.29) is 6.54 Å². The minimum atomic E-state index is -0.590. The highest BCUT2D eigenvalue weighted by atomic mass is 16.5. The van der Waals surface area contributed by atoms with Crippen molar-refractivity contribution in [1.82, 2.24) is 24.8 Å². The number of esters is 1. The second kappa shape index (κ2) is 9.37. The molecule has 1 N–H and O–H groups in total. The van der Waals surface area contributed by atoms with Gasteiger partial charge in [-0.1, -0.05) is 65.9 Å². The summed E-state index contributed by atoms with van der Waals surface area (Å²) in [5, 5.41) is 15.4. The molecule has 0 fully saturated rings. The van der Waals surface area contributed by atoms with E-state index < -0.39 is 18.5 Å². The zero-order chi connectivity index (χ0) is 23.3. The van der Waals surface area contributed by atoms with Gasteiger partial charge in [-0.2, -0.15) is 5.10 Å². The number of hydrogen-bond acceptors (Lipinski definition) is 6. The van der Waals surface area contributed by atoms with Crippen LogP contribution in [-0.4, -0.2) is 43.3 Å². The summed E-state index contributed by atoms with van der Waals surface area (Å²) in [6, 6.07) is 28.2. The molecule has 9 nitrogen and oxygen atoms in total. The molecule has 2 heterocycles. The summed E-state index contributed by atoms with van der Waals surface area (Å²) in [5.41, 5.74) is 3.80. The first-order chi connectivity index (χ1) is 16.7. The van der Waals surface area contributed by atoms with Crippen molar-refractivity contribution in [1.29, 1.82) is 0 Å². The molecule has 0 saturated carbocycles. The van der Waals surface area contributed by atoms with E-state index in [4.69, 9.17) is 4.74 Å². The van der Waals surface area contributed by atoms with Crippen LogP contribution < -0.4 is 5.32 Å². The van der Waals surface area contributed by atoms with Crippen molar-refractivity contribution in [3.63, 3.8) is 0 Å². The lowest BCUT2D eigenvalue weighted by Crippen LogP contribution is -2.24. The fourth-order valence-electron chi connectivity index (χ4n) is 3.51. The normalized spacial score (nSPS) is 10.8. The zero-order valence-electron chi connectivity index (χ0n) is 18.0. The molecule has 0 aliphatic carbocycles. The molecule has 5 rings (SSSR count). The van der Waals surface area contributed by atoms with Crippen molar-refractivity contribution < 1.29 is 14.3 Å². The summed E-state index contributed by atoms with van der Waals surface area (Å²) in [5.74, 6) is -0.603. The lowest BCUT2D eigenvalue weighted by atomic mass is 10.2. The van der Waals surface area contributed by atoms with Gasteiger partial charge in [0.1, 0.15) is 17.9 Å². The van der Waals surface area contributed by atoms with Crippen LogP contribution in [0.5, 0.6) is 0 Å². The van der Waals surface area contributed by atoms with Gasteiger partial charge in [0, 0.05) is 11.6 Å². The van der Waals surface area contributed by atoms with Crippen LogP contribution in [0.4, 0.5) is 5.82 Å². The summed E-state index contributed by atoms with van der Waals surface area (Å²) in [6.45, 7) is -0.583. The van der Waals surface area contributed by atoms with E-state index in [1.165, 1.54) is 4.68 Å². The standard InChI is InChI=1S/C25H20N6O3/c32-24(17-34-25(33)16-30-22-14-8-7-13-20(22)27-29-30)26-23-15-21(18-9-3-1-4-10-18)28-31(23)19-11-5-2-6-12-19/h1-15H,16-17H2,(H,26,32). The predicted octanol–water partition coefficient (Wildman–Crippen LogP) is 3.47. The highest BCUT2D eigenvalue weighted by Gasteiger charge is 2.16. The fraction of sp³-hybridized carbons (Fsp3) is 0.0800. The highest BCUT2D eigenvalue weighted by molar-refractivity contribution is 5.93. The van der Waals surface area contributed by atoms with Crippen LogP contribution in [0.1, 0.15) is 0 Å². The van der Waals surface area contributed by atoms with Gasteiger partial charge in [0.2, 0.25) is 0 Å². The predicted molar refractivity (Wildman–Crippen MR) is 126 cm³/mol. The van der Waals surface area contributed by atoms with Crippen molar-refractivity contribution >= 4 is 28.7 Å². The number of rotatable bonds is 7. The van der Waals surface area contributed by atoms with Crippen LogP contribution >= 0.6 is 0 Å². The molecule has 34 heavy (non-hydrogen) atoms. The van der Waals surface area contributed by atoms with Crippen molar-refractivity contribution in [2.45, 2.75) is 6.54 Å². The topological polar surface area (TPSA) is 104 Å². The van der Waals surface area contributed by atoms with E-state index in [9.17, 15) is 9.59 Å². The molecular weight excluding hydrogens is 432 g/mol. The zero-order valence-corrected chi connectivity index (χ0v) is 18.0. The maximum absolute atomic E-state index is 12.6. The third kappa shape index (κ3) is 4.53.